The number of methoxy groups -OCH3 is 1. The number of ether oxygens (including phenoxy) is 2. The number of pyridine rings is 1. The van der Waals surface area contributed by atoms with E-state index in [1.165, 1.54) is 29.8 Å². The van der Waals surface area contributed by atoms with Crippen molar-refractivity contribution in [3.8, 4) is 5.75 Å². The highest BCUT2D eigenvalue weighted by atomic mass is 35.5. The van der Waals surface area contributed by atoms with E-state index >= 15 is 0 Å². The largest absolute Gasteiger partial charge is 0.493 e. The third-order valence-electron chi connectivity index (χ3n) is 13.2. The molecule has 1 N–H and O–H groups in total. The fraction of sp³-hybridized carbons (Fsp3) is 0.545. The van der Waals surface area contributed by atoms with Crippen LogP contribution in [0.2, 0.25) is 5.02 Å². The predicted octanol–water partition coefficient (Wildman–Crippen LogP) is 8.21. The van der Waals surface area contributed by atoms with E-state index in [9.17, 15) is 27.6 Å². The molecule has 0 unspecified atom stereocenters. The number of fused-ring (bicyclic) bond motifs is 3. The topological polar surface area (TPSA) is 101 Å². The summed E-state index contributed by atoms with van der Waals surface area (Å²) in [6.45, 7) is 8.82. The lowest BCUT2D eigenvalue weighted by molar-refractivity contribution is -0.174. The van der Waals surface area contributed by atoms with Crippen LogP contribution in [0, 0.1) is 11.8 Å². The number of hydrogen-bond acceptors (Lipinski definition) is 7. The van der Waals surface area contributed by atoms with Gasteiger partial charge in [-0.25, -0.2) is 4.79 Å². The Kier molecular flexibility index (Phi) is 11.7. The molecule has 1 aromatic heterocycles. The van der Waals surface area contributed by atoms with Gasteiger partial charge < -0.3 is 19.7 Å². The average molecular weight is 809 g/mol. The minimum absolute atomic E-state index is 0.00931. The molecule has 9 nitrogen and oxygen atoms in total. The van der Waals surface area contributed by atoms with Crippen molar-refractivity contribution >= 4 is 35.1 Å². The zero-order valence-corrected chi connectivity index (χ0v) is 33.8. The summed E-state index contributed by atoms with van der Waals surface area (Å²) in [4.78, 5) is 48.4. The number of nitrogens with zero attached hydrogens (tertiary/aromatic N) is 3. The van der Waals surface area contributed by atoms with Crippen LogP contribution in [-0.2, 0) is 32.6 Å². The van der Waals surface area contributed by atoms with Crippen molar-refractivity contribution in [3.05, 3.63) is 87.7 Å². The van der Waals surface area contributed by atoms with Crippen molar-refractivity contribution in [2.45, 2.75) is 108 Å². The number of anilines is 1. The second-order valence-corrected chi connectivity index (χ2v) is 17.2. The van der Waals surface area contributed by atoms with Gasteiger partial charge in [0.1, 0.15) is 11.3 Å². The van der Waals surface area contributed by atoms with Gasteiger partial charge in [-0.3, -0.25) is 19.5 Å². The normalized spacial score (nSPS) is 26.3. The fourth-order valence-electron chi connectivity index (χ4n) is 10.3. The number of halogens is 4. The first-order valence-corrected chi connectivity index (χ1v) is 20.6. The molecule has 1 spiro atoms. The van der Waals surface area contributed by atoms with Gasteiger partial charge in [-0.05, 0) is 135 Å². The maximum absolute atomic E-state index is 14.5. The van der Waals surface area contributed by atoms with Crippen molar-refractivity contribution in [1.82, 2.24) is 15.2 Å². The lowest BCUT2D eigenvalue weighted by Crippen LogP contribution is -2.63. The molecule has 4 atom stereocenters. The van der Waals surface area contributed by atoms with E-state index in [0.717, 1.165) is 55.4 Å². The van der Waals surface area contributed by atoms with E-state index in [2.05, 4.69) is 24.1 Å². The van der Waals surface area contributed by atoms with Gasteiger partial charge in [-0.1, -0.05) is 37.6 Å². The van der Waals surface area contributed by atoms with E-state index in [1.54, 1.807) is 0 Å². The minimum Gasteiger partial charge on any atom is -0.493 e. The summed E-state index contributed by atoms with van der Waals surface area (Å²) >= 11 is 6.26. The minimum atomic E-state index is -5.28. The molecule has 2 fully saturated rings. The summed E-state index contributed by atoms with van der Waals surface area (Å²) in [7, 11) is 1.13. The summed E-state index contributed by atoms with van der Waals surface area (Å²) in [6.07, 6.45) is 1.47. The van der Waals surface area contributed by atoms with Gasteiger partial charge in [0.2, 0.25) is 0 Å². The van der Waals surface area contributed by atoms with E-state index in [1.807, 2.05) is 42.3 Å². The number of carbonyl (C=O) groups excluding carboxylic acids is 3. The molecule has 7 rings (SSSR count). The van der Waals surface area contributed by atoms with Crippen molar-refractivity contribution in [2.24, 2.45) is 11.8 Å². The first-order chi connectivity index (χ1) is 27.2. The molecule has 1 saturated heterocycles. The smallest absolute Gasteiger partial charge is 0.471 e. The van der Waals surface area contributed by atoms with Gasteiger partial charge in [0.25, 0.3) is 5.91 Å². The highest BCUT2D eigenvalue weighted by molar-refractivity contribution is 6.31. The molecule has 3 aromatic rings. The van der Waals surface area contributed by atoms with Crippen LogP contribution < -0.4 is 15.0 Å². The van der Waals surface area contributed by atoms with Crippen LogP contribution in [0.15, 0.2) is 54.7 Å². The van der Waals surface area contributed by atoms with Gasteiger partial charge in [-0.2, -0.15) is 13.2 Å². The number of aromatic nitrogens is 1. The molecule has 4 aliphatic rings. The van der Waals surface area contributed by atoms with Crippen LogP contribution in [0.3, 0.4) is 0 Å². The Balaban J connectivity index is 1.24. The maximum atomic E-state index is 14.5. The molecule has 0 radical (unpaired) electrons. The molecule has 3 aliphatic carbocycles. The molecule has 2 aromatic carbocycles. The third-order valence-corrected chi connectivity index (χ3v) is 13.4. The van der Waals surface area contributed by atoms with Gasteiger partial charge in [0.05, 0.1) is 13.7 Å². The zero-order chi connectivity index (χ0) is 40.7. The number of amides is 2. The molecule has 1 saturated carbocycles. The zero-order valence-electron chi connectivity index (χ0n) is 33.1. The standard InChI is InChI=1S/C44H52ClF3N4O5/c1-27(26-57-37-13-18-50-36-10-5-7-28(2)38(36)37)21-32-22-30-11-12-31(39(53)51-20-19-49-25-29(51)3)23-35(30)42(32)14-16-43(17-15-42,41(55)56-4)52(40(54)44(46,47)48)34-9-6-8-33(45)24-34/h6,8-9,11-13,18,23-24,27-29,32,49H,5,7,10,14-17,19-22,25-26H2,1-4H3/t27-,28-,29+,32+,42?,43?/m1/s1. The number of benzene rings is 2. The first-order valence-electron chi connectivity index (χ1n) is 20.2. The van der Waals surface area contributed by atoms with E-state index in [4.69, 9.17) is 21.1 Å². The molecule has 1 aliphatic heterocycles. The molecular formula is C44H52ClF3N4O5. The third kappa shape index (κ3) is 7.76. The number of esters is 1. The number of hydrogen-bond donors (Lipinski definition) is 1. The van der Waals surface area contributed by atoms with Gasteiger partial charge in [0.15, 0.2) is 0 Å². The van der Waals surface area contributed by atoms with Gasteiger partial charge in [0, 0.05) is 59.4 Å². The summed E-state index contributed by atoms with van der Waals surface area (Å²) in [5.41, 5.74) is 2.22. The van der Waals surface area contributed by atoms with Gasteiger partial charge >= 0.3 is 18.1 Å². The number of nitrogens with one attached hydrogen (secondary N) is 1. The van der Waals surface area contributed by atoms with E-state index < -0.39 is 29.0 Å². The second-order valence-electron chi connectivity index (χ2n) is 16.7. The van der Waals surface area contributed by atoms with E-state index in [-0.39, 0.29) is 60.2 Å². The highest BCUT2D eigenvalue weighted by Gasteiger charge is 2.60. The SMILES string of the molecule is COC(=O)C1(N(C(=O)C(F)(F)F)c2cccc(Cl)c2)CCC2(CC1)c1cc(C(=O)N3CCNC[C@@H]3C)ccc1C[C@@H]2C[C@@H](C)COc1ccnc2c1[C@H](C)CCC2. The lowest BCUT2D eigenvalue weighted by atomic mass is 9.59. The quantitative estimate of drug-likeness (QED) is 0.218. The summed E-state index contributed by atoms with van der Waals surface area (Å²) < 4.78 is 55.1. The van der Waals surface area contributed by atoms with Crippen molar-refractivity contribution < 1.29 is 37.0 Å². The molecule has 2 heterocycles. The Morgan fingerprint density at radius 3 is 2.56 bits per heavy atom. The average Bonchev–Trinajstić information content (AvgIpc) is 3.48. The van der Waals surface area contributed by atoms with Crippen LogP contribution in [0.4, 0.5) is 18.9 Å². The second kappa shape index (κ2) is 16.2. The first kappa shape index (κ1) is 41.0. The molecule has 306 valence electrons. The Labute approximate surface area is 337 Å². The van der Waals surface area contributed by atoms with E-state index in [0.29, 0.717) is 49.0 Å². The number of alkyl halides is 3. The fourth-order valence-corrected chi connectivity index (χ4v) is 10.5. The monoisotopic (exact) mass is 808 g/mol. The van der Waals surface area contributed by atoms with Crippen LogP contribution in [-0.4, -0.2) is 78.8 Å². The van der Waals surface area contributed by atoms with Crippen molar-refractivity contribution in [3.63, 3.8) is 0 Å². The number of rotatable bonds is 9. The van der Waals surface area contributed by atoms with Crippen molar-refractivity contribution in [2.75, 3.05) is 38.3 Å². The molecular weight excluding hydrogens is 757 g/mol. The summed E-state index contributed by atoms with van der Waals surface area (Å²) in [5.74, 6) is -1.81. The maximum Gasteiger partial charge on any atom is 0.471 e. The molecule has 0 bridgehead atoms. The Morgan fingerprint density at radius 1 is 1.09 bits per heavy atom. The number of piperazine rings is 1. The molecule has 57 heavy (non-hydrogen) atoms. The van der Waals surface area contributed by atoms with Crippen LogP contribution in [0.25, 0.3) is 0 Å². The number of carbonyl (C=O) groups is 3. The van der Waals surface area contributed by atoms with Crippen LogP contribution in [0.5, 0.6) is 5.75 Å². The Bertz CT molecular complexity index is 2000. The van der Waals surface area contributed by atoms with Crippen molar-refractivity contribution in [1.29, 1.82) is 0 Å². The highest BCUT2D eigenvalue weighted by Crippen LogP contribution is 2.57. The van der Waals surface area contributed by atoms with Crippen LogP contribution >= 0.6 is 11.6 Å². The Morgan fingerprint density at radius 2 is 1.86 bits per heavy atom. The summed E-state index contributed by atoms with van der Waals surface area (Å²) in [5, 5.41) is 3.46. The van der Waals surface area contributed by atoms with Crippen LogP contribution in [0.1, 0.15) is 104 Å². The lowest BCUT2D eigenvalue weighted by Gasteiger charge is -2.51. The number of aryl methyl sites for hydroxylation is 1. The Hall–Kier alpha value is -4.16. The summed E-state index contributed by atoms with van der Waals surface area (Å²) in [6, 6.07) is 13.4. The van der Waals surface area contributed by atoms with Gasteiger partial charge in [-0.15, -0.1) is 0 Å². The molecule has 2 amide bonds. The molecule has 13 heteroatoms. The predicted molar refractivity (Wildman–Crippen MR) is 212 cm³/mol.